The fourth-order valence-electron chi connectivity index (χ4n) is 1.10. The molecule has 5 nitrogen and oxygen atoms in total. The Balaban J connectivity index is 2.61. The number of hydrogen-bond acceptors (Lipinski definition) is 5. The van der Waals surface area contributed by atoms with Gasteiger partial charge in [0, 0.05) is 12.5 Å². The Bertz CT molecular complexity index is 304. The molecule has 0 fully saturated rings. The van der Waals surface area contributed by atoms with Gasteiger partial charge in [-0.25, -0.2) is 0 Å². The molecule has 0 spiro atoms. The summed E-state index contributed by atoms with van der Waals surface area (Å²) in [5.41, 5.74) is -0.131. The number of aliphatic hydroxyl groups is 1. The van der Waals surface area contributed by atoms with Gasteiger partial charge in [0.1, 0.15) is 0 Å². The molecule has 0 amide bonds. The Labute approximate surface area is 89.4 Å². The molecule has 0 aliphatic carbocycles. The summed E-state index contributed by atoms with van der Waals surface area (Å²) in [6.45, 7) is 6.29. The molecular formula is C10H18N2O3. The van der Waals surface area contributed by atoms with Crippen LogP contribution in [0.25, 0.3) is 0 Å². The van der Waals surface area contributed by atoms with Gasteiger partial charge in [-0.05, 0) is 0 Å². The molecule has 1 atom stereocenters. The fraction of sp³-hybridized carbons (Fsp3) is 0.800. The molecule has 15 heavy (non-hydrogen) atoms. The highest BCUT2D eigenvalue weighted by Crippen LogP contribution is 2.18. The van der Waals surface area contributed by atoms with E-state index in [1.54, 1.807) is 0 Å². The van der Waals surface area contributed by atoms with E-state index in [2.05, 4.69) is 10.1 Å². The van der Waals surface area contributed by atoms with Gasteiger partial charge in [-0.3, -0.25) is 0 Å². The second-order valence-electron chi connectivity index (χ2n) is 4.58. The van der Waals surface area contributed by atoms with Crippen molar-refractivity contribution in [1.82, 2.24) is 10.1 Å². The molecule has 0 aliphatic heterocycles. The number of ether oxygens (including phenoxy) is 1. The van der Waals surface area contributed by atoms with Gasteiger partial charge in [0.15, 0.2) is 5.82 Å². The average Bonchev–Trinajstić information content (AvgIpc) is 2.52. The van der Waals surface area contributed by atoms with Crippen molar-refractivity contribution in [2.45, 2.75) is 38.7 Å². The lowest BCUT2D eigenvalue weighted by molar-refractivity contribution is 0.0599. The fourth-order valence-corrected chi connectivity index (χ4v) is 1.10. The van der Waals surface area contributed by atoms with Gasteiger partial charge < -0.3 is 14.4 Å². The van der Waals surface area contributed by atoms with E-state index in [1.807, 2.05) is 20.8 Å². The molecule has 0 radical (unpaired) electrons. The van der Waals surface area contributed by atoms with Gasteiger partial charge in [0.2, 0.25) is 5.89 Å². The van der Waals surface area contributed by atoms with Crippen molar-refractivity contribution in [2.24, 2.45) is 0 Å². The van der Waals surface area contributed by atoms with Gasteiger partial charge in [0.25, 0.3) is 0 Å². The summed E-state index contributed by atoms with van der Waals surface area (Å²) >= 11 is 0. The van der Waals surface area contributed by atoms with Crippen molar-refractivity contribution in [2.75, 3.05) is 13.7 Å². The van der Waals surface area contributed by atoms with E-state index in [0.29, 0.717) is 18.1 Å². The highest BCUT2D eigenvalue weighted by molar-refractivity contribution is 5.00. The van der Waals surface area contributed by atoms with Crippen molar-refractivity contribution < 1.29 is 14.4 Å². The van der Waals surface area contributed by atoms with Crippen LogP contribution in [0.15, 0.2) is 4.52 Å². The van der Waals surface area contributed by atoms with E-state index in [4.69, 9.17) is 9.26 Å². The van der Waals surface area contributed by atoms with E-state index < -0.39 is 6.10 Å². The molecule has 1 heterocycles. The highest BCUT2D eigenvalue weighted by atomic mass is 16.5. The van der Waals surface area contributed by atoms with Crippen LogP contribution in [0.5, 0.6) is 0 Å². The Morgan fingerprint density at radius 2 is 2.13 bits per heavy atom. The lowest BCUT2D eigenvalue weighted by Crippen LogP contribution is -2.18. The molecule has 0 aromatic carbocycles. The molecule has 1 N–H and O–H groups in total. The van der Waals surface area contributed by atoms with Crippen LogP contribution >= 0.6 is 0 Å². The first-order chi connectivity index (χ1) is 6.93. The number of aliphatic hydroxyl groups excluding tert-OH is 1. The molecule has 1 rings (SSSR count). The Kier molecular flexibility index (Phi) is 3.82. The lowest BCUT2D eigenvalue weighted by Gasteiger charge is -2.11. The molecular weight excluding hydrogens is 196 g/mol. The van der Waals surface area contributed by atoms with Crippen LogP contribution in [0.3, 0.4) is 0 Å². The average molecular weight is 214 g/mol. The lowest BCUT2D eigenvalue weighted by atomic mass is 9.96. The van der Waals surface area contributed by atoms with Crippen molar-refractivity contribution in [3.63, 3.8) is 0 Å². The summed E-state index contributed by atoms with van der Waals surface area (Å²) in [6, 6.07) is 0. The second-order valence-corrected chi connectivity index (χ2v) is 4.58. The molecule has 86 valence electrons. The highest BCUT2D eigenvalue weighted by Gasteiger charge is 2.21. The summed E-state index contributed by atoms with van der Waals surface area (Å²) in [4.78, 5) is 4.21. The third-order valence-electron chi connectivity index (χ3n) is 1.91. The Morgan fingerprint density at radius 1 is 1.47 bits per heavy atom. The maximum Gasteiger partial charge on any atom is 0.229 e. The minimum absolute atomic E-state index is 0.131. The summed E-state index contributed by atoms with van der Waals surface area (Å²) in [5.74, 6) is 1.10. The molecule has 0 aliphatic rings. The molecule has 0 saturated heterocycles. The first-order valence-electron chi connectivity index (χ1n) is 4.93. The third-order valence-corrected chi connectivity index (χ3v) is 1.91. The Morgan fingerprint density at radius 3 is 2.60 bits per heavy atom. The zero-order valence-electron chi connectivity index (χ0n) is 9.65. The van der Waals surface area contributed by atoms with Crippen LogP contribution < -0.4 is 0 Å². The van der Waals surface area contributed by atoms with Crippen molar-refractivity contribution in [3.05, 3.63) is 11.7 Å². The molecule has 1 unspecified atom stereocenters. The second kappa shape index (κ2) is 4.72. The van der Waals surface area contributed by atoms with Gasteiger partial charge in [-0.15, -0.1) is 0 Å². The van der Waals surface area contributed by atoms with Crippen LogP contribution in [0, 0.1) is 0 Å². The van der Waals surface area contributed by atoms with Crippen molar-refractivity contribution >= 4 is 0 Å². The van der Waals surface area contributed by atoms with E-state index in [-0.39, 0.29) is 12.0 Å². The molecule has 0 saturated carbocycles. The first kappa shape index (κ1) is 12.1. The van der Waals surface area contributed by atoms with Crippen LogP contribution in [0.4, 0.5) is 0 Å². The number of nitrogens with zero attached hydrogens (tertiary/aromatic N) is 2. The van der Waals surface area contributed by atoms with Crippen LogP contribution in [-0.2, 0) is 16.6 Å². The molecule has 1 aromatic heterocycles. The zero-order chi connectivity index (χ0) is 11.5. The number of hydrogen-bond donors (Lipinski definition) is 1. The van der Waals surface area contributed by atoms with Gasteiger partial charge in [0.05, 0.1) is 19.1 Å². The van der Waals surface area contributed by atoms with E-state index in [1.165, 1.54) is 7.11 Å². The van der Waals surface area contributed by atoms with Crippen LogP contribution in [0.2, 0.25) is 0 Å². The van der Waals surface area contributed by atoms with Crippen molar-refractivity contribution in [3.8, 4) is 0 Å². The topological polar surface area (TPSA) is 68.4 Å². The molecule has 0 bridgehead atoms. The standard InChI is InChI=1S/C10H18N2O3/c1-10(2,3)9-11-8(15-12-9)5-7(13)6-14-4/h7,13H,5-6H2,1-4H3. The Hall–Kier alpha value is -0.940. The van der Waals surface area contributed by atoms with E-state index in [9.17, 15) is 5.11 Å². The monoisotopic (exact) mass is 214 g/mol. The summed E-state index contributed by atoms with van der Waals surface area (Å²) < 4.78 is 9.84. The van der Waals surface area contributed by atoms with Gasteiger partial charge in [-0.1, -0.05) is 25.9 Å². The predicted octanol–water partition coefficient (Wildman–Crippen LogP) is 0.917. The number of methoxy groups -OCH3 is 1. The maximum absolute atomic E-state index is 9.46. The number of rotatable bonds is 4. The maximum atomic E-state index is 9.46. The van der Waals surface area contributed by atoms with Gasteiger partial charge >= 0.3 is 0 Å². The summed E-state index contributed by atoms with van der Waals surface area (Å²) in [5, 5.41) is 13.3. The number of aromatic nitrogens is 2. The summed E-state index contributed by atoms with van der Waals surface area (Å²) in [7, 11) is 1.54. The van der Waals surface area contributed by atoms with Gasteiger partial charge in [-0.2, -0.15) is 4.98 Å². The third kappa shape index (κ3) is 3.60. The minimum atomic E-state index is -0.594. The van der Waals surface area contributed by atoms with Crippen molar-refractivity contribution in [1.29, 1.82) is 0 Å². The van der Waals surface area contributed by atoms with Crippen LogP contribution in [-0.4, -0.2) is 35.1 Å². The van der Waals surface area contributed by atoms with E-state index in [0.717, 1.165) is 0 Å². The predicted molar refractivity (Wildman–Crippen MR) is 54.6 cm³/mol. The normalized spacial score (nSPS) is 14.2. The first-order valence-corrected chi connectivity index (χ1v) is 4.93. The quantitative estimate of drug-likeness (QED) is 0.807. The van der Waals surface area contributed by atoms with E-state index >= 15 is 0 Å². The molecule has 5 heteroatoms. The van der Waals surface area contributed by atoms with Crippen LogP contribution in [0.1, 0.15) is 32.5 Å². The largest absolute Gasteiger partial charge is 0.390 e. The SMILES string of the molecule is COCC(O)Cc1nc(C(C)(C)C)no1. The summed E-state index contributed by atoms with van der Waals surface area (Å²) in [6.07, 6.45) is -0.264. The molecule has 1 aromatic rings. The zero-order valence-corrected chi connectivity index (χ0v) is 9.65. The minimum Gasteiger partial charge on any atom is -0.390 e. The smallest absolute Gasteiger partial charge is 0.229 e.